The van der Waals surface area contributed by atoms with Crippen LogP contribution in [0, 0.1) is 5.92 Å². The van der Waals surface area contributed by atoms with E-state index in [1.165, 1.54) is 0 Å². The van der Waals surface area contributed by atoms with Crippen LogP contribution in [0.2, 0.25) is 0 Å². The maximum atomic E-state index is 11.6. The third-order valence-electron chi connectivity index (χ3n) is 2.92. The van der Waals surface area contributed by atoms with Crippen LogP contribution in [0.1, 0.15) is 19.4 Å². The van der Waals surface area contributed by atoms with Gasteiger partial charge in [-0.05, 0) is 11.5 Å². The van der Waals surface area contributed by atoms with Gasteiger partial charge >= 0.3 is 5.97 Å². The number of carboxylic acid groups (broad SMARTS) is 1. The maximum Gasteiger partial charge on any atom is 0.328 e. The molecule has 1 rings (SSSR count). The van der Waals surface area contributed by atoms with Gasteiger partial charge in [-0.1, -0.05) is 44.2 Å². The molecule has 0 bridgehead atoms. The number of aliphatic carboxylic acids is 1. The van der Waals surface area contributed by atoms with Crippen molar-refractivity contribution in [1.82, 2.24) is 5.32 Å². The summed E-state index contributed by atoms with van der Waals surface area (Å²) in [6, 6.07) is 9.60. The van der Waals surface area contributed by atoms with Crippen molar-refractivity contribution in [3.63, 3.8) is 0 Å². The van der Waals surface area contributed by atoms with E-state index in [1.54, 1.807) is 0 Å². The SMILES string of the molecule is CC(C)[C@@H](COCc1ccccc1)NC(=O)/C=C\C(=O)O. The lowest BCUT2D eigenvalue weighted by atomic mass is 10.1. The Morgan fingerprint density at radius 3 is 2.48 bits per heavy atom. The Balaban J connectivity index is 2.43. The molecule has 0 fully saturated rings. The van der Waals surface area contributed by atoms with Gasteiger partial charge in [0.2, 0.25) is 5.91 Å². The minimum absolute atomic E-state index is 0.167. The zero-order valence-electron chi connectivity index (χ0n) is 12.3. The fraction of sp³-hybridized carbons (Fsp3) is 0.375. The Labute approximate surface area is 124 Å². The molecule has 0 saturated carbocycles. The smallest absolute Gasteiger partial charge is 0.328 e. The highest BCUT2D eigenvalue weighted by Crippen LogP contribution is 2.06. The molecule has 114 valence electrons. The normalized spacial score (nSPS) is 12.5. The molecular weight excluding hydrogens is 270 g/mol. The van der Waals surface area contributed by atoms with Crippen LogP contribution in [0.15, 0.2) is 42.5 Å². The summed E-state index contributed by atoms with van der Waals surface area (Å²) in [7, 11) is 0. The van der Waals surface area contributed by atoms with Crippen molar-refractivity contribution in [1.29, 1.82) is 0 Å². The van der Waals surface area contributed by atoms with Crippen LogP contribution in [0.25, 0.3) is 0 Å². The van der Waals surface area contributed by atoms with Gasteiger partial charge in [0.05, 0.1) is 19.3 Å². The van der Waals surface area contributed by atoms with Crippen LogP contribution >= 0.6 is 0 Å². The van der Waals surface area contributed by atoms with E-state index < -0.39 is 11.9 Å². The van der Waals surface area contributed by atoms with Crippen LogP contribution < -0.4 is 5.32 Å². The molecule has 5 nitrogen and oxygen atoms in total. The highest BCUT2D eigenvalue weighted by Gasteiger charge is 2.15. The molecule has 2 N–H and O–H groups in total. The molecule has 0 aliphatic heterocycles. The average molecular weight is 291 g/mol. The average Bonchev–Trinajstić information content (AvgIpc) is 2.45. The Hall–Kier alpha value is -2.14. The summed E-state index contributed by atoms with van der Waals surface area (Å²) in [5.41, 5.74) is 1.07. The first-order chi connectivity index (χ1) is 9.99. The quantitative estimate of drug-likeness (QED) is 0.718. The van der Waals surface area contributed by atoms with Gasteiger partial charge in [0, 0.05) is 12.2 Å². The van der Waals surface area contributed by atoms with Gasteiger partial charge in [-0.2, -0.15) is 0 Å². The number of benzene rings is 1. The molecule has 1 amide bonds. The number of carbonyl (C=O) groups excluding carboxylic acids is 1. The lowest BCUT2D eigenvalue weighted by Crippen LogP contribution is -2.41. The lowest BCUT2D eigenvalue weighted by molar-refractivity contribution is -0.131. The second-order valence-electron chi connectivity index (χ2n) is 5.03. The van der Waals surface area contributed by atoms with Crippen LogP contribution in [-0.2, 0) is 20.9 Å². The zero-order valence-corrected chi connectivity index (χ0v) is 12.3. The molecule has 0 aliphatic rings. The molecule has 0 heterocycles. The van der Waals surface area contributed by atoms with Crippen molar-refractivity contribution in [2.75, 3.05) is 6.61 Å². The van der Waals surface area contributed by atoms with Gasteiger partial charge in [-0.15, -0.1) is 0 Å². The molecule has 0 aliphatic carbocycles. The van der Waals surface area contributed by atoms with Crippen molar-refractivity contribution < 1.29 is 19.4 Å². The maximum absolute atomic E-state index is 11.6. The van der Waals surface area contributed by atoms with E-state index in [2.05, 4.69) is 5.32 Å². The van der Waals surface area contributed by atoms with Gasteiger partial charge in [0.1, 0.15) is 0 Å². The Kier molecular flexibility index (Phi) is 7.18. The third-order valence-corrected chi connectivity index (χ3v) is 2.92. The van der Waals surface area contributed by atoms with Crippen LogP contribution in [0.4, 0.5) is 0 Å². The summed E-state index contributed by atoms with van der Waals surface area (Å²) < 4.78 is 5.61. The van der Waals surface area contributed by atoms with E-state index in [1.807, 2.05) is 44.2 Å². The number of amides is 1. The van der Waals surface area contributed by atoms with Crippen molar-refractivity contribution in [3.8, 4) is 0 Å². The number of nitrogens with one attached hydrogen (secondary N) is 1. The van der Waals surface area contributed by atoms with Gasteiger partial charge in [0.25, 0.3) is 0 Å². The highest BCUT2D eigenvalue weighted by molar-refractivity contribution is 5.94. The highest BCUT2D eigenvalue weighted by atomic mass is 16.5. The molecule has 0 unspecified atom stereocenters. The lowest BCUT2D eigenvalue weighted by Gasteiger charge is -2.21. The molecule has 1 aromatic carbocycles. The summed E-state index contributed by atoms with van der Waals surface area (Å²) in [6.07, 6.45) is 1.83. The van der Waals surface area contributed by atoms with Crippen molar-refractivity contribution in [3.05, 3.63) is 48.0 Å². The summed E-state index contributed by atoms with van der Waals surface area (Å²) in [5.74, 6) is -1.39. The number of rotatable bonds is 8. The Morgan fingerprint density at radius 2 is 1.90 bits per heavy atom. The molecule has 0 radical (unpaired) electrons. The second-order valence-corrected chi connectivity index (χ2v) is 5.03. The first-order valence-electron chi connectivity index (χ1n) is 6.82. The van der Waals surface area contributed by atoms with Gasteiger partial charge in [-0.3, -0.25) is 4.79 Å². The molecule has 1 atom stereocenters. The van der Waals surface area contributed by atoms with Gasteiger partial charge in [0.15, 0.2) is 0 Å². The molecule has 0 aromatic heterocycles. The van der Waals surface area contributed by atoms with E-state index in [4.69, 9.17) is 9.84 Å². The first kappa shape index (κ1) is 16.9. The minimum atomic E-state index is -1.15. The van der Waals surface area contributed by atoms with E-state index >= 15 is 0 Å². The standard InChI is InChI=1S/C16H21NO4/c1-12(2)14(17-15(18)8-9-16(19)20)11-21-10-13-6-4-3-5-7-13/h3-9,12,14H,10-11H2,1-2H3,(H,17,18)(H,19,20)/b9-8-/t14-/m1/s1. The summed E-state index contributed by atoms with van der Waals surface area (Å²) in [5, 5.41) is 11.2. The zero-order chi connectivity index (χ0) is 15.7. The van der Waals surface area contributed by atoms with Crippen LogP contribution in [0.3, 0.4) is 0 Å². The first-order valence-corrected chi connectivity index (χ1v) is 6.82. The number of carbonyl (C=O) groups is 2. The second kappa shape index (κ2) is 8.92. The molecular formula is C16H21NO4. The summed E-state index contributed by atoms with van der Waals surface area (Å²) in [4.78, 5) is 21.9. The van der Waals surface area contributed by atoms with Crippen molar-refractivity contribution in [2.24, 2.45) is 5.92 Å². The predicted octanol–water partition coefficient (Wildman–Crippen LogP) is 1.98. The summed E-state index contributed by atoms with van der Waals surface area (Å²) in [6.45, 7) is 4.79. The molecule has 0 saturated heterocycles. The van der Waals surface area contributed by atoms with E-state index in [-0.39, 0.29) is 12.0 Å². The van der Waals surface area contributed by atoms with Gasteiger partial charge < -0.3 is 15.2 Å². The van der Waals surface area contributed by atoms with Crippen molar-refractivity contribution in [2.45, 2.75) is 26.5 Å². The number of ether oxygens (including phenoxy) is 1. The minimum Gasteiger partial charge on any atom is -0.478 e. The fourth-order valence-electron chi connectivity index (χ4n) is 1.66. The van der Waals surface area contributed by atoms with E-state index in [0.717, 1.165) is 17.7 Å². The largest absolute Gasteiger partial charge is 0.478 e. The van der Waals surface area contributed by atoms with E-state index in [0.29, 0.717) is 13.2 Å². The van der Waals surface area contributed by atoms with Gasteiger partial charge in [-0.25, -0.2) is 4.79 Å². The fourth-order valence-corrected chi connectivity index (χ4v) is 1.66. The van der Waals surface area contributed by atoms with Crippen LogP contribution in [0.5, 0.6) is 0 Å². The molecule has 5 heteroatoms. The number of hydrogen-bond acceptors (Lipinski definition) is 3. The monoisotopic (exact) mass is 291 g/mol. The Morgan fingerprint density at radius 1 is 1.24 bits per heavy atom. The molecule has 21 heavy (non-hydrogen) atoms. The number of carboxylic acids is 1. The molecule has 1 aromatic rings. The van der Waals surface area contributed by atoms with E-state index in [9.17, 15) is 9.59 Å². The van der Waals surface area contributed by atoms with Crippen molar-refractivity contribution >= 4 is 11.9 Å². The van der Waals surface area contributed by atoms with Crippen LogP contribution in [-0.4, -0.2) is 29.6 Å². The third kappa shape index (κ3) is 7.27. The Bertz CT molecular complexity index is 482. The molecule has 0 spiro atoms. The topological polar surface area (TPSA) is 75.6 Å². The predicted molar refractivity (Wildman–Crippen MR) is 79.6 cm³/mol. The number of hydrogen-bond donors (Lipinski definition) is 2. The summed E-state index contributed by atoms with van der Waals surface area (Å²) >= 11 is 0.